The molecule has 2 heteroatoms. The number of rotatable bonds is 5. The average molecular weight is 247 g/mol. The minimum atomic E-state index is -0.182. The van der Waals surface area contributed by atoms with E-state index in [2.05, 4.69) is 35.6 Å². The normalized spacial score (nSPS) is 25.9. The molecule has 1 aromatic rings. The van der Waals surface area contributed by atoms with Gasteiger partial charge in [0.2, 0.25) is 0 Å². The molecule has 1 fully saturated rings. The quantitative estimate of drug-likeness (QED) is 0.838. The Labute approximate surface area is 110 Å². The summed E-state index contributed by atoms with van der Waals surface area (Å²) in [5.41, 5.74) is 1.50. The zero-order valence-electron chi connectivity index (χ0n) is 11.3. The van der Waals surface area contributed by atoms with Gasteiger partial charge >= 0.3 is 0 Å². The van der Waals surface area contributed by atoms with E-state index in [4.69, 9.17) is 0 Å². The minimum absolute atomic E-state index is 0.182. The van der Waals surface area contributed by atoms with Crippen LogP contribution >= 0.6 is 0 Å². The number of nitrogens with one attached hydrogen (secondary N) is 1. The first-order valence-corrected chi connectivity index (χ1v) is 7.22. The second kappa shape index (κ2) is 6.91. The van der Waals surface area contributed by atoms with Crippen molar-refractivity contribution in [2.45, 2.75) is 57.1 Å². The molecule has 2 N–H and O–H groups in total. The van der Waals surface area contributed by atoms with Crippen molar-refractivity contribution < 1.29 is 5.11 Å². The van der Waals surface area contributed by atoms with Gasteiger partial charge in [-0.1, -0.05) is 30.3 Å². The van der Waals surface area contributed by atoms with E-state index in [-0.39, 0.29) is 6.10 Å². The van der Waals surface area contributed by atoms with Crippen LogP contribution in [0.15, 0.2) is 30.3 Å². The Kier molecular flexibility index (Phi) is 5.21. The van der Waals surface area contributed by atoms with Crippen LogP contribution in [0.3, 0.4) is 0 Å². The molecule has 100 valence electrons. The number of aliphatic hydroxyl groups excluding tert-OH is 1. The van der Waals surface area contributed by atoms with Gasteiger partial charge in [0, 0.05) is 6.04 Å². The first-order valence-electron chi connectivity index (χ1n) is 7.22. The highest BCUT2D eigenvalue weighted by Gasteiger charge is 2.21. The van der Waals surface area contributed by atoms with Crippen LogP contribution in [-0.4, -0.2) is 23.8 Å². The maximum atomic E-state index is 9.23. The molecule has 0 spiro atoms. The average Bonchev–Trinajstić information content (AvgIpc) is 2.40. The summed E-state index contributed by atoms with van der Waals surface area (Å²) < 4.78 is 0. The van der Waals surface area contributed by atoms with Crippen molar-refractivity contribution in [3.63, 3.8) is 0 Å². The standard InChI is InChI=1S/C16H25NO/c1-13(18)11-12-17-16-9-7-15(8-10-16)14-5-3-2-4-6-14/h2-6,13,15-18H,7-12H2,1H3/t13-,15?,16?/m1/s1. The van der Waals surface area contributed by atoms with Crippen LogP contribution in [0.1, 0.15) is 50.5 Å². The molecule has 1 aliphatic rings. The van der Waals surface area contributed by atoms with Gasteiger partial charge < -0.3 is 10.4 Å². The van der Waals surface area contributed by atoms with E-state index in [0.29, 0.717) is 6.04 Å². The molecule has 0 radical (unpaired) electrons. The molecule has 0 heterocycles. The van der Waals surface area contributed by atoms with Gasteiger partial charge in [0.05, 0.1) is 6.10 Å². The molecular weight excluding hydrogens is 222 g/mol. The van der Waals surface area contributed by atoms with E-state index in [1.165, 1.54) is 31.2 Å². The Hall–Kier alpha value is -0.860. The molecule has 1 aliphatic carbocycles. The Balaban J connectivity index is 1.71. The molecule has 0 bridgehead atoms. The third-order valence-electron chi connectivity index (χ3n) is 3.99. The predicted octanol–water partition coefficient (Wildman–Crippen LogP) is 3.07. The van der Waals surface area contributed by atoms with Crippen molar-refractivity contribution in [2.24, 2.45) is 0 Å². The number of hydrogen-bond acceptors (Lipinski definition) is 2. The van der Waals surface area contributed by atoms with E-state index in [1.807, 2.05) is 6.92 Å². The molecular formula is C16H25NO. The maximum absolute atomic E-state index is 9.23. The van der Waals surface area contributed by atoms with Crippen LogP contribution in [-0.2, 0) is 0 Å². The summed E-state index contributed by atoms with van der Waals surface area (Å²) in [7, 11) is 0. The van der Waals surface area contributed by atoms with Gasteiger partial charge in [0.15, 0.2) is 0 Å². The Morgan fingerprint density at radius 2 is 1.83 bits per heavy atom. The number of hydrogen-bond donors (Lipinski definition) is 2. The van der Waals surface area contributed by atoms with Gasteiger partial charge in [-0.3, -0.25) is 0 Å². The second-order valence-corrected chi connectivity index (χ2v) is 5.55. The predicted molar refractivity (Wildman–Crippen MR) is 75.7 cm³/mol. The summed E-state index contributed by atoms with van der Waals surface area (Å²) >= 11 is 0. The van der Waals surface area contributed by atoms with E-state index in [9.17, 15) is 5.11 Å². The highest BCUT2D eigenvalue weighted by molar-refractivity contribution is 5.20. The fourth-order valence-corrected chi connectivity index (χ4v) is 2.85. The van der Waals surface area contributed by atoms with Crippen molar-refractivity contribution in [2.75, 3.05) is 6.54 Å². The molecule has 2 nitrogen and oxygen atoms in total. The zero-order chi connectivity index (χ0) is 12.8. The Morgan fingerprint density at radius 3 is 2.44 bits per heavy atom. The van der Waals surface area contributed by atoms with Crippen LogP contribution in [0.25, 0.3) is 0 Å². The van der Waals surface area contributed by atoms with Crippen molar-refractivity contribution in [3.8, 4) is 0 Å². The third-order valence-corrected chi connectivity index (χ3v) is 3.99. The van der Waals surface area contributed by atoms with E-state index in [1.54, 1.807) is 0 Å². The fourth-order valence-electron chi connectivity index (χ4n) is 2.85. The van der Waals surface area contributed by atoms with Crippen LogP contribution < -0.4 is 5.32 Å². The zero-order valence-corrected chi connectivity index (χ0v) is 11.3. The molecule has 2 rings (SSSR count). The Bertz CT molecular complexity index is 328. The maximum Gasteiger partial charge on any atom is 0.0524 e. The SMILES string of the molecule is C[C@@H](O)CCNC1CCC(c2ccccc2)CC1. The second-order valence-electron chi connectivity index (χ2n) is 5.55. The lowest BCUT2D eigenvalue weighted by atomic mass is 9.82. The summed E-state index contributed by atoms with van der Waals surface area (Å²) in [5.74, 6) is 0.751. The first kappa shape index (κ1) is 13.6. The molecule has 0 saturated heterocycles. The van der Waals surface area contributed by atoms with Crippen molar-refractivity contribution in [3.05, 3.63) is 35.9 Å². The fraction of sp³-hybridized carbons (Fsp3) is 0.625. The van der Waals surface area contributed by atoms with Crippen molar-refractivity contribution in [1.82, 2.24) is 5.32 Å². The first-order chi connectivity index (χ1) is 8.75. The minimum Gasteiger partial charge on any atom is -0.393 e. The summed E-state index contributed by atoms with van der Waals surface area (Å²) in [4.78, 5) is 0. The van der Waals surface area contributed by atoms with E-state index in [0.717, 1.165) is 18.9 Å². The lowest BCUT2D eigenvalue weighted by Gasteiger charge is -2.29. The van der Waals surface area contributed by atoms with Gasteiger partial charge in [-0.25, -0.2) is 0 Å². The van der Waals surface area contributed by atoms with Crippen molar-refractivity contribution in [1.29, 1.82) is 0 Å². The van der Waals surface area contributed by atoms with E-state index < -0.39 is 0 Å². The van der Waals surface area contributed by atoms with Gasteiger partial charge in [-0.05, 0) is 57.1 Å². The van der Waals surface area contributed by atoms with Gasteiger partial charge in [-0.2, -0.15) is 0 Å². The number of benzene rings is 1. The topological polar surface area (TPSA) is 32.3 Å². The smallest absolute Gasteiger partial charge is 0.0524 e. The summed E-state index contributed by atoms with van der Waals surface area (Å²) in [6.45, 7) is 2.80. The summed E-state index contributed by atoms with van der Waals surface area (Å²) in [6.07, 6.45) is 5.78. The van der Waals surface area contributed by atoms with Crippen LogP contribution in [0.4, 0.5) is 0 Å². The molecule has 0 unspecified atom stereocenters. The van der Waals surface area contributed by atoms with Gasteiger partial charge in [-0.15, -0.1) is 0 Å². The number of aliphatic hydroxyl groups is 1. The van der Waals surface area contributed by atoms with Gasteiger partial charge in [0.25, 0.3) is 0 Å². The van der Waals surface area contributed by atoms with Crippen molar-refractivity contribution >= 4 is 0 Å². The summed E-state index contributed by atoms with van der Waals surface area (Å²) in [6, 6.07) is 11.5. The summed E-state index contributed by atoms with van der Waals surface area (Å²) in [5, 5.41) is 12.8. The molecule has 18 heavy (non-hydrogen) atoms. The molecule has 0 aliphatic heterocycles. The molecule has 1 saturated carbocycles. The lowest BCUT2D eigenvalue weighted by Crippen LogP contribution is -2.34. The monoisotopic (exact) mass is 247 g/mol. The molecule has 0 aromatic heterocycles. The van der Waals surface area contributed by atoms with Crippen LogP contribution in [0, 0.1) is 0 Å². The van der Waals surface area contributed by atoms with Crippen LogP contribution in [0.2, 0.25) is 0 Å². The highest BCUT2D eigenvalue weighted by Crippen LogP contribution is 2.32. The van der Waals surface area contributed by atoms with Crippen LogP contribution in [0.5, 0.6) is 0 Å². The van der Waals surface area contributed by atoms with E-state index >= 15 is 0 Å². The highest BCUT2D eigenvalue weighted by atomic mass is 16.3. The molecule has 0 amide bonds. The molecule has 1 atom stereocenters. The van der Waals surface area contributed by atoms with Gasteiger partial charge in [0.1, 0.15) is 0 Å². The Morgan fingerprint density at radius 1 is 1.17 bits per heavy atom. The lowest BCUT2D eigenvalue weighted by molar-refractivity contribution is 0.180. The molecule has 1 aromatic carbocycles. The third kappa shape index (κ3) is 4.11. The largest absolute Gasteiger partial charge is 0.393 e.